The van der Waals surface area contributed by atoms with E-state index in [0.29, 0.717) is 48.9 Å². The summed E-state index contributed by atoms with van der Waals surface area (Å²) < 4.78 is 23.9. The molecule has 2 aliphatic rings. The fraction of sp³-hybridized carbons (Fsp3) is 0.459. The molecular weight excluding hydrogens is 612 g/mol. The molecule has 0 aliphatic carbocycles. The monoisotopic (exact) mass is 660 g/mol. The summed E-state index contributed by atoms with van der Waals surface area (Å²) >= 11 is 0. The molecule has 0 fully saturated rings. The summed E-state index contributed by atoms with van der Waals surface area (Å²) in [5.74, 6) is 1.60. The lowest BCUT2D eigenvalue weighted by Gasteiger charge is -2.36. The zero-order chi connectivity index (χ0) is 34.0. The van der Waals surface area contributed by atoms with Gasteiger partial charge in [0.1, 0.15) is 5.75 Å². The van der Waals surface area contributed by atoms with Crippen molar-refractivity contribution in [2.24, 2.45) is 5.92 Å². The van der Waals surface area contributed by atoms with E-state index in [-0.39, 0.29) is 37.4 Å². The van der Waals surface area contributed by atoms with Crippen molar-refractivity contribution in [2.45, 2.75) is 64.8 Å². The van der Waals surface area contributed by atoms with E-state index in [1.165, 1.54) is 0 Å². The Morgan fingerprint density at radius 2 is 1.73 bits per heavy atom. The van der Waals surface area contributed by atoms with Gasteiger partial charge in [-0.05, 0) is 88.2 Å². The van der Waals surface area contributed by atoms with Crippen LogP contribution in [0.25, 0.3) is 0 Å². The van der Waals surface area contributed by atoms with Gasteiger partial charge in [-0.2, -0.15) is 0 Å². The third-order valence-electron chi connectivity index (χ3n) is 8.72. The largest absolute Gasteiger partial charge is 0.490 e. The number of rotatable bonds is 8. The van der Waals surface area contributed by atoms with Gasteiger partial charge in [-0.1, -0.05) is 31.2 Å². The molecule has 0 saturated carbocycles. The number of ether oxygens (including phenoxy) is 4. The summed E-state index contributed by atoms with van der Waals surface area (Å²) in [5, 5.41) is 15.9. The number of hydrogen-bond acceptors (Lipinski definition) is 8. The molecular formula is C37H48N4O7. The fourth-order valence-corrected chi connectivity index (χ4v) is 6.00. The van der Waals surface area contributed by atoms with Gasteiger partial charge in [-0.15, -0.1) is 0 Å². The van der Waals surface area contributed by atoms with Crippen molar-refractivity contribution in [3.05, 3.63) is 77.9 Å². The number of hydrogen-bond donors (Lipinski definition) is 3. The van der Waals surface area contributed by atoms with Crippen LogP contribution in [0.1, 0.15) is 56.0 Å². The Bertz CT molecular complexity index is 1520. The SMILES string of the molecule is C[C@@H]1CCCCO[C@@H](CN(C)Cc2ccc3c(c2)OCO3)[C@H](C)CN([C@H](C)CO)C(=O)c2cc(NC(=O)Nc3ccccc3)ccc2O1. The molecule has 48 heavy (non-hydrogen) atoms. The normalized spacial score (nSPS) is 20.8. The highest BCUT2D eigenvalue weighted by molar-refractivity contribution is 6.02. The summed E-state index contributed by atoms with van der Waals surface area (Å²) in [6.07, 6.45) is 2.26. The molecule has 0 unspecified atom stereocenters. The first-order chi connectivity index (χ1) is 23.2. The molecule has 11 nitrogen and oxygen atoms in total. The Morgan fingerprint density at radius 1 is 0.979 bits per heavy atom. The van der Waals surface area contributed by atoms with Crippen LogP contribution in [0.2, 0.25) is 0 Å². The van der Waals surface area contributed by atoms with Gasteiger partial charge in [0.2, 0.25) is 6.79 Å². The van der Waals surface area contributed by atoms with Gasteiger partial charge in [0, 0.05) is 43.5 Å². The molecule has 0 aromatic heterocycles. The lowest BCUT2D eigenvalue weighted by Crippen LogP contribution is -2.47. The van der Waals surface area contributed by atoms with Gasteiger partial charge >= 0.3 is 6.03 Å². The van der Waals surface area contributed by atoms with Crippen molar-refractivity contribution in [3.63, 3.8) is 0 Å². The van der Waals surface area contributed by atoms with Gasteiger partial charge in [0.25, 0.3) is 5.91 Å². The van der Waals surface area contributed by atoms with Crippen molar-refractivity contribution in [1.29, 1.82) is 0 Å². The summed E-state index contributed by atoms with van der Waals surface area (Å²) in [6.45, 7) is 8.21. The van der Waals surface area contributed by atoms with Crippen molar-refractivity contribution in [1.82, 2.24) is 9.80 Å². The molecule has 3 N–H and O–H groups in total. The molecule has 258 valence electrons. The van der Waals surface area contributed by atoms with Gasteiger partial charge in [0.05, 0.1) is 30.4 Å². The number of fused-ring (bicyclic) bond motifs is 2. The van der Waals surface area contributed by atoms with Crippen molar-refractivity contribution in [2.75, 3.05) is 50.8 Å². The van der Waals surface area contributed by atoms with Gasteiger partial charge in [0.15, 0.2) is 11.5 Å². The van der Waals surface area contributed by atoms with Crippen molar-refractivity contribution in [3.8, 4) is 17.2 Å². The lowest BCUT2D eigenvalue weighted by molar-refractivity contribution is -0.0177. The quantitative estimate of drug-likeness (QED) is 0.270. The molecule has 0 bridgehead atoms. The lowest BCUT2D eigenvalue weighted by atomic mass is 10.0. The van der Waals surface area contributed by atoms with Crippen LogP contribution >= 0.6 is 0 Å². The third kappa shape index (κ3) is 9.40. The van der Waals surface area contributed by atoms with E-state index in [1.54, 1.807) is 35.2 Å². The number of anilines is 2. The fourth-order valence-electron chi connectivity index (χ4n) is 6.00. The maximum absolute atomic E-state index is 14.4. The smallest absolute Gasteiger partial charge is 0.323 e. The molecule has 3 aromatic carbocycles. The van der Waals surface area contributed by atoms with E-state index in [4.69, 9.17) is 18.9 Å². The molecule has 4 atom stereocenters. The van der Waals surface area contributed by atoms with Crippen LogP contribution in [0.15, 0.2) is 66.7 Å². The van der Waals surface area contributed by atoms with Crippen LogP contribution in [0.5, 0.6) is 17.2 Å². The number of amides is 3. The topological polar surface area (TPSA) is 122 Å². The van der Waals surface area contributed by atoms with E-state index >= 15 is 0 Å². The Labute approximate surface area is 283 Å². The van der Waals surface area contributed by atoms with E-state index in [0.717, 1.165) is 36.3 Å². The first kappa shape index (κ1) is 35.0. The average Bonchev–Trinajstić information content (AvgIpc) is 3.54. The minimum Gasteiger partial charge on any atom is -0.490 e. The molecule has 0 saturated heterocycles. The second-order valence-electron chi connectivity index (χ2n) is 12.8. The highest BCUT2D eigenvalue weighted by Crippen LogP contribution is 2.33. The van der Waals surface area contributed by atoms with Gasteiger partial charge in [-0.3, -0.25) is 9.69 Å². The maximum Gasteiger partial charge on any atom is 0.323 e. The van der Waals surface area contributed by atoms with Crippen LogP contribution in [-0.2, 0) is 11.3 Å². The summed E-state index contributed by atoms with van der Waals surface area (Å²) in [4.78, 5) is 31.1. The molecule has 5 rings (SSSR count). The Morgan fingerprint density at radius 3 is 2.52 bits per heavy atom. The molecule has 11 heteroatoms. The molecule has 3 aromatic rings. The van der Waals surface area contributed by atoms with Gasteiger partial charge < -0.3 is 39.6 Å². The zero-order valence-corrected chi connectivity index (χ0v) is 28.3. The molecule has 3 amide bonds. The first-order valence-corrected chi connectivity index (χ1v) is 16.7. The number of aliphatic hydroxyl groups excluding tert-OH is 1. The average molecular weight is 661 g/mol. The Balaban J connectivity index is 1.36. The highest BCUT2D eigenvalue weighted by atomic mass is 16.7. The van der Waals surface area contributed by atoms with Crippen LogP contribution in [-0.4, -0.2) is 85.2 Å². The second-order valence-corrected chi connectivity index (χ2v) is 12.8. The Hall–Kier alpha value is -4.32. The molecule has 0 spiro atoms. The predicted octanol–water partition coefficient (Wildman–Crippen LogP) is 5.99. The number of likely N-dealkylation sites (N-methyl/N-ethyl adjacent to an activating group) is 1. The highest BCUT2D eigenvalue weighted by Gasteiger charge is 2.30. The standard InChI is InChI=1S/C37H48N4O7/c1-25-20-41(26(2)23-42)36(43)31-19-30(39-37(44)38-29-11-6-5-7-12-29)14-16-32(31)48-27(3)10-8-9-17-45-35(25)22-40(4)21-28-13-15-33-34(18-28)47-24-46-33/h5-7,11-16,18-19,25-27,35,42H,8-10,17,20-24H2,1-4H3,(H2,38,39,44)/t25-,26-,27-,35+/m1/s1. The number of aliphatic hydroxyl groups is 1. The van der Waals surface area contributed by atoms with Gasteiger partial charge in [-0.25, -0.2) is 4.79 Å². The molecule has 2 heterocycles. The molecule has 0 radical (unpaired) electrons. The first-order valence-electron chi connectivity index (χ1n) is 16.7. The summed E-state index contributed by atoms with van der Waals surface area (Å²) in [6, 6.07) is 19.3. The van der Waals surface area contributed by atoms with Crippen LogP contribution in [0.4, 0.5) is 16.2 Å². The second kappa shape index (κ2) is 16.7. The van der Waals surface area contributed by atoms with E-state index < -0.39 is 12.1 Å². The number of nitrogens with zero attached hydrogens (tertiary/aromatic N) is 2. The Kier molecular flexibility index (Phi) is 12.2. The summed E-state index contributed by atoms with van der Waals surface area (Å²) in [5.41, 5.74) is 2.52. The number of carbonyl (C=O) groups excluding carboxylic acids is 2. The predicted molar refractivity (Wildman–Crippen MR) is 185 cm³/mol. The number of urea groups is 1. The third-order valence-corrected chi connectivity index (χ3v) is 8.72. The maximum atomic E-state index is 14.4. The van der Waals surface area contributed by atoms with Crippen molar-refractivity contribution >= 4 is 23.3 Å². The zero-order valence-electron chi connectivity index (χ0n) is 28.3. The van der Waals surface area contributed by atoms with Crippen LogP contribution in [0, 0.1) is 5.92 Å². The van der Waals surface area contributed by atoms with E-state index in [1.807, 2.05) is 50.2 Å². The number of nitrogens with one attached hydrogen (secondary N) is 2. The number of benzene rings is 3. The van der Waals surface area contributed by atoms with Crippen LogP contribution < -0.4 is 24.8 Å². The molecule has 2 aliphatic heterocycles. The van der Waals surface area contributed by atoms with E-state index in [9.17, 15) is 14.7 Å². The van der Waals surface area contributed by atoms with E-state index in [2.05, 4.69) is 29.5 Å². The number of para-hydroxylation sites is 1. The minimum absolute atomic E-state index is 0.0636. The van der Waals surface area contributed by atoms with Crippen molar-refractivity contribution < 1.29 is 33.6 Å². The van der Waals surface area contributed by atoms with Crippen LogP contribution in [0.3, 0.4) is 0 Å². The number of carbonyl (C=O) groups is 2. The summed E-state index contributed by atoms with van der Waals surface area (Å²) in [7, 11) is 2.06. The minimum atomic E-state index is -0.469.